The van der Waals surface area contributed by atoms with E-state index in [2.05, 4.69) is 0 Å². The van der Waals surface area contributed by atoms with E-state index in [4.69, 9.17) is 14.2 Å². The van der Waals surface area contributed by atoms with Gasteiger partial charge in [-0.25, -0.2) is 9.59 Å². The standard InChI is InChI=1S/C25H32N2O8/c1-8-33-22(28)19-15(3)26(14-35-24(30)25(5,6)7)16(4)20(23(29)34-9-2)21(19)17-11-10-12-18(13-17)27(31)32/h10-13,21H,8-9,14H2,1-7H3. The SMILES string of the molecule is CCOC(=O)C1=C(C)N(COC(=O)C(C)(C)C)C(C)=C(C(=O)OCC)C1c1cccc([N+](=O)[O-])c1. The number of hydrogen-bond donors (Lipinski definition) is 0. The Morgan fingerprint density at radius 2 is 1.49 bits per heavy atom. The number of nitrogens with zero attached hydrogens (tertiary/aromatic N) is 2. The maximum atomic E-state index is 13.2. The zero-order valence-corrected chi connectivity index (χ0v) is 21.2. The zero-order valence-electron chi connectivity index (χ0n) is 21.2. The maximum absolute atomic E-state index is 13.2. The Morgan fingerprint density at radius 3 is 1.91 bits per heavy atom. The van der Waals surface area contributed by atoms with E-state index in [1.807, 2.05) is 0 Å². The molecule has 1 aromatic carbocycles. The highest BCUT2D eigenvalue weighted by Crippen LogP contribution is 2.43. The molecule has 0 amide bonds. The molecule has 0 radical (unpaired) electrons. The highest BCUT2D eigenvalue weighted by Gasteiger charge is 2.41. The minimum absolute atomic E-state index is 0.0771. The lowest BCUT2D eigenvalue weighted by Gasteiger charge is -2.37. The Labute approximate surface area is 204 Å². The van der Waals surface area contributed by atoms with Crippen LogP contribution in [0.25, 0.3) is 0 Å². The average molecular weight is 489 g/mol. The summed E-state index contributed by atoms with van der Waals surface area (Å²) in [5.74, 6) is -2.83. The molecule has 0 bridgehead atoms. The van der Waals surface area contributed by atoms with Crippen molar-refractivity contribution >= 4 is 23.6 Å². The molecular formula is C25H32N2O8. The van der Waals surface area contributed by atoms with Crippen molar-refractivity contribution in [3.63, 3.8) is 0 Å². The van der Waals surface area contributed by atoms with Gasteiger partial charge >= 0.3 is 17.9 Å². The number of non-ortho nitro benzene ring substituents is 1. The Kier molecular flexibility index (Phi) is 8.78. The first kappa shape index (κ1) is 27.6. The lowest BCUT2D eigenvalue weighted by atomic mass is 9.79. The Balaban J connectivity index is 2.75. The second-order valence-corrected chi connectivity index (χ2v) is 8.96. The minimum atomic E-state index is -0.984. The van der Waals surface area contributed by atoms with Gasteiger partial charge < -0.3 is 19.1 Å². The molecule has 35 heavy (non-hydrogen) atoms. The van der Waals surface area contributed by atoms with Crippen molar-refractivity contribution in [3.8, 4) is 0 Å². The summed E-state index contributed by atoms with van der Waals surface area (Å²) < 4.78 is 16.1. The van der Waals surface area contributed by atoms with Crippen LogP contribution < -0.4 is 0 Å². The van der Waals surface area contributed by atoms with Crippen molar-refractivity contribution in [2.75, 3.05) is 19.9 Å². The van der Waals surface area contributed by atoms with E-state index in [0.29, 0.717) is 17.0 Å². The third-order valence-corrected chi connectivity index (χ3v) is 5.51. The summed E-state index contributed by atoms with van der Waals surface area (Å²) >= 11 is 0. The van der Waals surface area contributed by atoms with Crippen LogP contribution in [0.4, 0.5) is 5.69 Å². The highest BCUT2D eigenvalue weighted by atomic mass is 16.6. The summed E-state index contributed by atoms with van der Waals surface area (Å²) in [6, 6.07) is 5.73. The van der Waals surface area contributed by atoms with E-state index >= 15 is 0 Å². The Morgan fingerprint density at radius 1 is 0.971 bits per heavy atom. The molecule has 0 unspecified atom stereocenters. The van der Waals surface area contributed by atoms with Gasteiger partial charge in [0.15, 0.2) is 6.73 Å². The van der Waals surface area contributed by atoms with Gasteiger partial charge in [0.2, 0.25) is 0 Å². The molecule has 10 heteroatoms. The molecule has 0 aliphatic carbocycles. The molecule has 1 aromatic rings. The first-order valence-corrected chi connectivity index (χ1v) is 11.3. The average Bonchev–Trinajstić information content (AvgIpc) is 2.77. The van der Waals surface area contributed by atoms with Gasteiger partial charge in [0, 0.05) is 23.5 Å². The van der Waals surface area contributed by atoms with Gasteiger partial charge in [-0.15, -0.1) is 0 Å². The number of hydrogen-bond acceptors (Lipinski definition) is 9. The molecule has 0 aromatic heterocycles. The number of carbonyl (C=O) groups excluding carboxylic acids is 3. The van der Waals surface area contributed by atoms with E-state index in [0.717, 1.165) is 0 Å². The third-order valence-electron chi connectivity index (χ3n) is 5.51. The van der Waals surface area contributed by atoms with Crippen LogP contribution >= 0.6 is 0 Å². The van der Waals surface area contributed by atoms with E-state index in [1.165, 1.54) is 23.1 Å². The van der Waals surface area contributed by atoms with Crippen molar-refractivity contribution in [1.82, 2.24) is 4.90 Å². The van der Waals surface area contributed by atoms with Crippen LogP contribution in [0, 0.1) is 15.5 Å². The molecule has 2 rings (SSSR count). The highest BCUT2D eigenvalue weighted by molar-refractivity contribution is 6.00. The quantitative estimate of drug-likeness (QED) is 0.229. The number of allylic oxidation sites excluding steroid dienone is 2. The number of ether oxygens (including phenoxy) is 3. The van der Waals surface area contributed by atoms with Gasteiger partial charge in [-0.1, -0.05) is 12.1 Å². The Bertz CT molecular complexity index is 1040. The molecule has 1 heterocycles. The van der Waals surface area contributed by atoms with Crippen molar-refractivity contribution in [2.45, 2.75) is 54.4 Å². The summed E-state index contributed by atoms with van der Waals surface area (Å²) in [7, 11) is 0. The predicted molar refractivity (Wildman–Crippen MR) is 127 cm³/mol. The number of nitro groups is 1. The second kappa shape index (κ2) is 11.2. The van der Waals surface area contributed by atoms with Gasteiger partial charge in [0.05, 0.1) is 40.6 Å². The summed E-state index contributed by atoms with van der Waals surface area (Å²) in [6.07, 6.45) is 0. The maximum Gasteiger partial charge on any atom is 0.336 e. The van der Waals surface area contributed by atoms with Gasteiger partial charge in [-0.05, 0) is 54.0 Å². The van der Waals surface area contributed by atoms with Crippen molar-refractivity contribution in [2.24, 2.45) is 5.41 Å². The minimum Gasteiger partial charge on any atom is -0.463 e. The lowest BCUT2D eigenvalue weighted by molar-refractivity contribution is -0.384. The summed E-state index contributed by atoms with van der Waals surface area (Å²) in [4.78, 5) is 51.2. The van der Waals surface area contributed by atoms with Crippen molar-refractivity contribution < 1.29 is 33.5 Å². The van der Waals surface area contributed by atoms with Gasteiger partial charge in [0.25, 0.3) is 5.69 Å². The molecule has 0 saturated carbocycles. The number of rotatable bonds is 8. The third kappa shape index (κ3) is 6.06. The monoisotopic (exact) mass is 488 g/mol. The van der Waals surface area contributed by atoms with Gasteiger partial charge in [-0.2, -0.15) is 0 Å². The van der Waals surface area contributed by atoms with Crippen LogP contribution in [0.1, 0.15) is 59.9 Å². The molecule has 190 valence electrons. The normalized spacial score (nSPS) is 14.7. The molecule has 0 N–H and O–H groups in total. The van der Waals surface area contributed by atoms with Crippen LogP contribution in [0.15, 0.2) is 46.8 Å². The number of carbonyl (C=O) groups is 3. The molecule has 0 saturated heterocycles. The van der Waals surface area contributed by atoms with Crippen LogP contribution in [0.3, 0.4) is 0 Å². The molecule has 10 nitrogen and oxygen atoms in total. The molecule has 1 aliphatic rings. The summed E-state index contributed by atoms with van der Waals surface area (Å²) in [5.41, 5.74) is 0.408. The first-order valence-electron chi connectivity index (χ1n) is 11.3. The number of benzene rings is 1. The Hall–Kier alpha value is -3.69. The van der Waals surface area contributed by atoms with Crippen LogP contribution in [0.5, 0.6) is 0 Å². The second-order valence-electron chi connectivity index (χ2n) is 8.96. The van der Waals surface area contributed by atoms with E-state index in [-0.39, 0.29) is 36.8 Å². The first-order chi connectivity index (χ1) is 16.3. The predicted octanol–water partition coefficient (Wildman–Crippen LogP) is 4.22. The molecule has 1 aliphatic heterocycles. The number of nitro benzene ring substituents is 1. The fourth-order valence-electron chi connectivity index (χ4n) is 3.74. The largest absolute Gasteiger partial charge is 0.463 e. The van der Waals surface area contributed by atoms with E-state index < -0.39 is 34.2 Å². The topological polar surface area (TPSA) is 125 Å². The number of esters is 3. The van der Waals surface area contributed by atoms with E-state index in [1.54, 1.807) is 54.5 Å². The molecule has 0 fully saturated rings. The zero-order chi connectivity index (χ0) is 26.5. The fourth-order valence-corrected chi connectivity index (χ4v) is 3.74. The molecule has 0 spiro atoms. The summed E-state index contributed by atoms with van der Waals surface area (Å²) in [5, 5.41) is 11.4. The van der Waals surface area contributed by atoms with Crippen LogP contribution in [-0.4, -0.2) is 47.7 Å². The summed E-state index contributed by atoms with van der Waals surface area (Å²) in [6.45, 7) is 11.6. The van der Waals surface area contributed by atoms with Gasteiger partial charge in [0.1, 0.15) is 0 Å². The fraction of sp³-hybridized carbons (Fsp3) is 0.480. The van der Waals surface area contributed by atoms with Crippen molar-refractivity contribution in [1.29, 1.82) is 0 Å². The van der Waals surface area contributed by atoms with E-state index in [9.17, 15) is 24.5 Å². The van der Waals surface area contributed by atoms with Crippen molar-refractivity contribution in [3.05, 3.63) is 62.5 Å². The van der Waals surface area contributed by atoms with Gasteiger partial charge in [-0.3, -0.25) is 14.9 Å². The van der Waals surface area contributed by atoms with Crippen LogP contribution in [-0.2, 0) is 28.6 Å². The molecular weight excluding hydrogens is 456 g/mol. The van der Waals surface area contributed by atoms with Crippen LogP contribution in [0.2, 0.25) is 0 Å². The molecule has 0 atom stereocenters. The smallest absolute Gasteiger partial charge is 0.336 e. The lowest BCUT2D eigenvalue weighted by Crippen LogP contribution is -2.38.